The van der Waals surface area contributed by atoms with Crippen LogP contribution < -0.4 is 20.1 Å². The smallest absolute Gasteiger partial charge is 0.258 e. The van der Waals surface area contributed by atoms with E-state index >= 15 is 0 Å². The predicted octanol–water partition coefficient (Wildman–Crippen LogP) is 4.75. The van der Waals surface area contributed by atoms with Crippen molar-refractivity contribution >= 4 is 27.5 Å². The lowest BCUT2D eigenvalue weighted by Gasteiger charge is -2.21. The Hall–Kier alpha value is -2.21. The van der Waals surface area contributed by atoms with Gasteiger partial charge in [-0.1, -0.05) is 22.0 Å². The highest BCUT2D eigenvalue weighted by atomic mass is 79.9. The van der Waals surface area contributed by atoms with E-state index in [0.29, 0.717) is 24.7 Å². The molecule has 0 heterocycles. The van der Waals surface area contributed by atoms with Gasteiger partial charge in [-0.2, -0.15) is 0 Å². The van der Waals surface area contributed by atoms with Crippen LogP contribution >= 0.6 is 15.9 Å². The van der Waals surface area contributed by atoms with Gasteiger partial charge in [0.1, 0.15) is 0 Å². The van der Waals surface area contributed by atoms with Gasteiger partial charge in [-0.15, -0.1) is 0 Å². The monoisotopic (exact) mass is 434 g/mol. The Morgan fingerprint density at radius 3 is 2.37 bits per heavy atom. The summed E-state index contributed by atoms with van der Waals surface area (Å²) in [6.45, 7) is 8.86. The summed E-state index contributed by atoms with van der Waals surface area (Å²) in [5, 5.41) is 6.25. The fourth-order valence-electron chi connectivity index (χ4n) is 2.42. The maximum absolute atomic E-state index is 12.0. The van der Waals surface area contributed by atoms with Gasteiger partial charge in [0.2, 0.25) is 0 Å². The number of anilines is 1. The minimum Gasteiger partial charge on any atom is -0.490 e. The third-order valence-corrected chi connectivity index (χ3v) is 4.05. The summed E-state index contributed by atoms with van der Waals surface area (Å²) >= 11 is 3.43. The van der Waals surface area contributed by atoms with Crippen LogP contribution in [0, 0.1) is 0 Å². The van der Waals surface area contributed by atoms with Crippen molar-refractivity contribution in [3.63, 3.8) is 0 Å². The van der Waals surface area contributed by atoms with Crippen molar-refractivity contribution in [3.8, 4) is 11.5 Å². The number of benzene rings is 2. The highest BCUT2D eigenvalue weighted by Crippen LogP contribution is 2.29. The molecule has 0 aliphatic heterocycles. The molecule has 0 saturated carbocycles. The Kier molecular flexibility index (Phi) is 7.54. The standard InChI is InChI=1S/C21H27BrN2O3/c1-5-26-19-12-15(13-23-17-9-7-16(22)8-10-17)6-11-18(19)27-14-20(25)24-21(2,3)4/h6-12,23H,5,13-14H2,1-4H3,(H,24,25). The van der Waals surface area contributed by atoms with Crippen molar-refractivity contribution in [2.75, 3.05) is 18.5 Å². The molecule has 0 unspecified atom stereocenters. The molecule has 2 aromatic rings. The molecule has 2 rings (SSSR count). The van der Waals surface area contributed by atoms with Gasteiger partial charge in [-0.25, -0.2) is 0 Å². The van der Waals surface area contributed by atoms with Gasteiger partial charge in [0, 0.05) is 22.2 Å². The molecule has 0 aliphatic carbocycles. The lowest BCUT2D eigenvalue weighted by atomic mass is 10.1. The largest absolute Gasteiger partial charge is 0.490 e. The van der Waals surface area contributed by atoms with Gasteiger partial charge >= 0.3 is 0 Å². The topological polar surface area (TPSA) is 59.6 Å². The molecule has 2 aromatic carbocycles. The fraction of sp³-hybridized carbons (Fsp3) is 0.381. The summed E-state index contributed by atoms with van der Waals surface area (Å²) in [6, 6.07) is 13.8. The molecule has 146 valence electrons. The van der Waals surface area contributed by atoms with Gasteiger partial charge in [-0.3, -0.25) is 4.79 Å². The fourth-order valence-corrected chi connectivity index (χ4v) is 2.68. The second-order valence-corrected chi connectivity index (χ2v) is 8.08. The summed E-state index contributed by atoms with van der Waals surface area (Å²) in [5.74, 6) is 1.04. The van der Waals surface area contributed by atoms with Crippen LogP contribution in [0.5, 0.6) is 11.5 Å². The molecule has 0 aromatic heterocycles. The van der Waals surface area contributed by atoms with Crippen LogP contribution in [0.2, 0.25) is 0 Å². The second kappa shape index (κ2) is 9.65. The lowest BCUT2D eigenvalue weighted by Crippen LogP contribution is -2.43. The van der Waals surface area contributed by atoms with Crippen LogP contribution in [-0.2, 0) is 11.3 Å². The number of carbonyl (C=O) groups is 1. The maximum Gasteiger partial charge on any atom is 0.258 e. The van der Waals surface area contributed by atoms with E-state index in [1.54, 1.807) is 0 Å². The molecule has 0 aliphatic rings. The van der Waals surface area contributed by atoms with Gasteiger partial charge in [0.25, 0.3) is 5.91 Å². The Morgan fingerprint density at radius 2 is 1.74 bits per heavy atom. The van der Waals surface area contributed by atoms with Crippen LogP contribution in [0.4, 0.5) is 5.69 Å². The SMILES string of the molecule is CCOc1cc(CNc2ccc(Br)cc2)ccc1OCC(=O)NC(C)(C)C. The van der Waals surface area contributed by atoms with E-state index in [1.807, 2.05) is 70.2 Å². The highest BCUT2D eigenvalue weighted by molar-refractivity contribution is 9.10. The second-order valence-electron chi connectivity index (χ2n) is 7.16. The molecule has 6 heteroatoms. The van der Waals surface area contributed by atoms with E-state index in [1.165, 1.54) is 0 Å². The zero-order valence-electron chi connectivity index (χ0n) is 16.3. The van der Waals surface area contributed by atoms with Crippen LogP contribution in [0.1, 0.15) is 33.3 Å². The molecule has 0 atom stereocenters. The molecule has 0 fully saturated rings. The van der Waals surface area contributed by atoms with E-state index in [-0.39, 0.29) is 18.1 Å². The first-order valence-electron chi connectivity index (χ1n) is 8.96. The Balaban J connectivity index is 2.00. The molecular formula is C21H27BrN2O3. The van der Waals surface area contributed by atoms with Crippen LogP contribution in [0.3, 0.4) is 0 Å². The number of amides is 1. The summed E-state index contributed by atoms with van der Waals surface area (Å²) in [6.07, 6.45) is 0. The van der Waals surface area contributed by atoms with Crippen LogP contribution in [0.25, 0.3) is 0 Å². The molecule has 0 spiro atoms. The summed E-state index contributed by atoms with van der Waals surface area (Å²) in [5.41, 5.74) is 1.81. The summed E-state index contributed by atoms with van der Waals surface area (Å²) in [4.78, 5) is 12.0. The minimum absolute atomic E-state index is 0.0478. The number of hydrogen-bond acceptors (Lipinski definition) is 4. The van der Waals surface area contributed by atoms with E-state index in [0.717, 1.165) is 15.7 Å². The Bertz CT molecular complexity index is 755. The van der Waals surface area contributed by atoms with Crippen LogP contribution in [0.15, 0.2) is 46.9 Å². The average Bonchev–Trinajstić information content (AvgIpc) is 2.59. The van der Waals surface area contributed by atoms with E-state index in [4.69, 9.17) is 9.47 Å². The normalized spacial score (nSPS) is 11.0. The van der Waals surface area contributed by atoms with Crippen molar-refractivity contribution in [1.82, 2.24) is 5.32 Å². The third-order valence-electron chi connectivity index (χ3n) is 3.52. The quantitative estimate of drug-likeness (QED) is 0.628. The molecule has 1 amide bonds. The van der Waals surface area contributed by atoms with Crippen molar-refractivity contribution in [3.05, 3.63) is 52.5 Å². The van der Waals surface area contributed by atoms with E-state index < -0.39 is 0 Å². The van der Waals surface area contributed by atoms with Crippen LogP contribution in [-0.4, -0.2) is 24.7 Å². The molecule has 5 nitrogen and oxygen atoms in total. The highest BCUT2D eigenvalue weighted by Gasteiger charge is 2.15. The number of carbonyl (C=O) groups excluding carboxylic acids is 1. The predicted molar refractivity (Wildman–Crippen MR) is 112 cm³/mol. The molecule has 0 bridgehead atoms. The first-order valence-corrected chi connectivity index (χ1v) is 9.75. The first-order chi connectivity index (χ1) is 12.8. The first kappa shape index (κ1) is 21.1. The van der Waals surface area contributed by atoms with Crippen molar-refractivity contribution in [1.29, 1.82) is 0 Å². The van der Waals surface area contributed by atoms with Gasteiger partial charge in [0.15, 0.2) is 18.1 Å². The molecule has 0 saturated heterocycles. The van der Waals surface area contributed by atoms with E-state index in [9.17, 15) is 4.79 Å². The zero-order valence-corrected chi connectivity index (χ0v) is 17.9. The average molecular weight is 435 g/mol. The number of ether oxygens (including phenoxy) is 2. The number of nitrogens with one attached hydrogen (secondary N) is 2. The van der Waals surface area contributed by atoms with Crippen molar-refractivity contribution in [2.24, 2.45) is 0 Å². The minimum atomic E-state index is -0.286. The molecular weight excluding hydrogens is 408 g/mol. The van der Waals surface area contributed by atoms with Crippen molar-refractivity contribution in [2.45, 2.75) is 39.8 Å². The third kappa shape index (κ3) is 7.51. The van der Waals surface area contributed by atoms with Crippen molar-refractivity contribution < 1.29 is 14.3 Å². The molecule has 2 N–H and O–H groups in total. The Morgan fingerprint density at radius 1 is 1.04 bits per heavy atom. The molecule has 0 radical (unpaired) electrons. The summed E-state index contributed by atoms with van der Waals surface area (Å²) in [7, 11) is 0. The summed E-state index contributed by atoms with van der Waals surface area (Å²) < 4.78 is 12.4. The maximum atomic E-state index is 12.0. The number of hydrogen-bond donors (Lipinski definition) is 2. The lowest BCUT2D eigenvalue weighted by molar-refractivity contribution is -0.124. The molecule has 27 heavy (non-hydrogen) atoms. The number of rotatable bonds is 8. The van der Waals surface area contributed by atoms with Gasteiger partial charge in [-0.05, 0) is 69.7 Å². The Labute approximate surface area is 169 Å². The van der Waals surface area contributed by atoms with Gasteiger partial charge < -0.3 is 20.1 Å². The van der Waals surface area contributed by atoms with E-state index in [2.05, 4.69) is 26.6 Å². The number of halogens is 1. The zero-order chi connectivity index (χ0) is 19.9. The van der Waals surface area contributed by atoms with Gasteiger partial charge in [0.05, 0.1) is 6.61 Å².